The number of carbonyl (C=O) groups is 1. The molecule has 1 radical (unpaired) electrons. The number of hydrogen-bond donors (Lipinski definition) is 1. The van der Waals surface area contributed by atoms with Crippen molar-refractivity contribution < 1.29 is 9.90 Å². The number of aliphatic hydroxyl groups is 1. The first-order chi connectivity index (χ1) is 7.75. The SMILES string of the molecule is O=C(Cc1[c]cccc1)N1CCC(O)CC1. The van der Waals surface area contributed by atoms with Gasteiger partial charge >= 0.3 is 0 Å². The molecule has 1 aliphatic rings. The zero-order valence-corrected chi connectivity index (χ0v) is 9.22. The standard InChI is InChI=1S/C13H16NO2/c15-12-6-8-14(9-7-12)13(16)10-11-4-2-1-3-5-11/h1-4,12,15H,6-10H2. The summed E-state index contributed by atoms with van der Waals surface area (Å²) < 4.78 is 0. The molecule has 0 aliphatic carbocycles. The summed E-state index contributed by atoms with van der Waals surface area (Å²) in [6.45, 7) is 1.35. The van der Waals surface area contributed by atoms with Gasteiger partial charge in [-0.1, -0.05) is 24.3 Å². The highest BCUT2D eigenvalue weighted by Gasteiger charge is 2.20. The lowest BCUT2D eigenvalue weighted by Gasteiger charge is -2.29. The molecular formula is C13H16NO2. The van der Waals surface area contributed by atoms with Crippen molar-refractivity contribution in [1.29, 1.82) is 0 Å². The molecule has 1 aromatic rings. The first-order valence-electron chi connectivity index (χ1n) is 5.67. The van der Waals surface area contributed by atoms with Crippen LogP contribution in [0.1, 0.15) is 18.4 Å². The molecule has 85 valence electrons. The van der Waals surface area contributed by atoms with E-state index in [4.69, 9.17) is 0 Å². The monoisotopic (exact) mass is 218 g/mol. The van der Waals surface area contributed by atoms with Crippen molar-refractivity contribution in [3.8, 4) is 0 Å². The van der Waals surface area contributed by atoms with E-state index in [0.717, 1.165) is 5.56 Å². The molecule has 0 bridgehead atoms. The van der Waals surface area contributed by atoms with Gasteiger partial charge in [-0.2, -0.15) is 0 Å². The third-order valence-corrected chi connectivity index (χ3v) is 2.93. The van der Waals surface area contributed by atoms with Crippen LogP contribution in [-0.2, 0) is 11.2 Å². The molecule has 16 heavy (non-hydrogen) atoms. The number of nitrogens with zero attached hydrogens (tertiary/aromatic N) is 1. The van der Waals surface area contributed by atoms with Crippen LogP contribution >= 0.6 is 0 Å². The first kappa shape index (κ1) is 11.1. The number of piperidine rings is 1. The van der Waals surface area contributed by atoms with Gasteiger partial charge in [0.1, 0.15) is 0 Å². The van der Waals surface area contributed by atoms with E-state index in [1.807, 2.05) is 29.2 Å². The van der Waals surface area contributed by atoms with Gasteiger partial charge in [0.05, 0.1) is 12.5 Å². The molecule has 0 unspecified atom stereocenters. The number of hydrogen-bond acceptors (Lipinski definition) is 2. The molecular weight excluding hydrogens is 202 g/mol. The van der Waals surface area contributed by atoms with Gasteiger partial charge in [-0.25, -0.2) is 0 Å². The molecule has 0 saturated carbocycles. The van der Waals surface area contributed by atoms with E-state index in [1.54, 1.807) is 0 Å². The lowest BCUT2D eigenvalue weighted by molar-refractivity contribution is -0.132. The third-order valence-electron chi connectivity index (χ3n) is 2.93. The van der Waals surface area contributed by atoms with Gasteiger partial charge in [-0.15, -0.1) is 0 Å². The Morgan fingerprint density at radius 3 is 2.81 bits per heavy atom. The summed E-state index contributed by atoms with van der Waals surface area (Å²) in [5.41, 5.74) is 0.929. The van der Waals surface area contributed by atoms with E-state index >= 15 is 0 Å². The molecule has 0 spiro atoms. The highest BCUT2D eigenvalue weighted by atomic mass is 16.3. The molecule has 1 heterocycles. The van der Waals surface area contributed by atoms with Gasteiger partial charge in [0.25, 0.3) is 0 Å². The zero-order chi connectivity index (χ0) is 11.4. The highest BCUT2D eigenvalue weighted by Crippen LogP contribution is 2.11. The number of benzene rings is 1. The summed E-state index contributed by atoms with van der Waals surface area (Å²) >= 11 is 0. The van der Waals surface area contributed by atoms with Crippen LogP contribution in [0.5, 0.6) is 0 Å². The average Bonchev–Trinajstić information content (AvgIpc) is 2.31. The minimum atomic E-state index is -0.229. The summed E-state index contributed by atoms with van der Waals surface area (Å²) in [6.07, 6.45) is 1.58. The minimum absolute atomic E-state index is 0.134. The molecule has 0 atom stereocenters. The van der Waals surface area contributed by atoms with Crippen molar-refractivity contribution in [2.45, 2.75) is 25.4 Å². The normalized spacial score (nSPS) is 17.4. The lowest BCUT2D eigenvalue weighted by Crippen LogP contribution is -2.40. The van der Waals surface area contributed by atoms with Crippen molar-refractivity contribution in [3.63, 3.8) is 0 Å². The third kappa shape index (κ3) is 2.83. The summed E-state index contributed by atoms with van der Waals surface area (Å²) in [6, 6.07) is 10.6. The number of aliphatic hydroxyl groups excluding tert-OH is 1. The van der Waals surface area contributed by atoms with Crippen molar-refractivity contribution in [1.82, 2.24) is 4.90 Å². The van der Waals surface area contributed by atoms with Gasteiger partial charge in [-0.3, -0.25) is 4.79 Å². The fraction of sp³-hybridized carbons (Fsp3) is 0.462. The Morgan fingerprint density at radius 2 is 2.19 bits per heavy atom. The maximum atomic E-state index is 11.9. The van der Waals surface area contributed by atoms with E-state index in [-0.39, 0.29) is 12.0 Å². The molecule has 0 aromatic heterocycles. The molecule has 1 aromatic carbocycles. The first-order valence-corrected chi connectivity index (χ1v) is 5.67. The predicted octanol–water partition coefficient (Wildman–Crippen LogP) is 1.01. The fourth-order valence-electron chi connectivity index (χ4n) is 1.93. The number of likely N-dealkylation sites (tertiary alicyclic amines) is 1. The molecule has 1 amide bonds. The molecule has 2 rings (SSSR count). The van der Waals surface area contributed by atoms with Crippen molar-refractivity contribution in [2.75, 3.05) is 13.1 Å². The van der Waals surface area contributed by atoms with Crippen molar-refractivity contribution in [3.05, 3.63) is 35.9 Å². The largest absolute Gasteiger partial charge is 0.393 e. The smallest absolute Gasteiger partial charge is 0.227 e. The molecule has 1 N–H and O–H groups in total. The van der Waals surface area contributed by atoms with Crippen LogP contribution in [-0.4, -0.2) is 35.1 Å². The quantitative estimate of drug-likeness (QED) is 0.805. The van der Waals surface area contributed by atoms with E-state index in [2.05, 4.69) is 6.07 Å². The van der Waals surface area contributed by atoms with Gasteiger partial charge < -0.3 is 10.0 Å². The molecule has 3 nitrogen and oxygen atoms in total. The van der Waals surface area contributed by atoms with E-state index in [0.29, 0.717) is 32.4 Å². The highest BCUT2D eigenvalue weighted by molar-refractivity contribution is 5.78. The van der Waals surface area contributed by atoms with Gasteiger partial charge in [0.15, 0.2) is 0 Å². The summed E-state index contributed by atoms with van der Waals surface area (Å²) in [7, 11) is 0. The Balaban J connectivity index is 1.89. The van der Waals surface area contributed by atoms with Crippen molar-refractivity contribution in [2.24, 2.45) is 0 Å². The van der Waals surface area contributed by atoms with Gasteiger partial charge in [0.2, 0.25) is 5.91 Å². The van der Waals surface area contributed by atoms with Crippen LogP contribution < -0.4 is 0 Å². The minimum Gasteiger partial charge on any atom is -0.393 e. The van der Waals surface area contributed by atoms with Crippen LogP contribution in [0.4, 0.5) is 0 Å². The lowest BCUT2D eigenvalue weighted by atomic mass is 10.1. The number of amides is 1. The number of rotatable bonds is 2. The Bertz CT molecular complexity index is 342. The maximum Gasteiger partial charge on any atom is 0.227 e. The molecule has 1 aliphatic heterocycles. The second-order valence-electron chi connectivity index (χ2n) is 4.18. The van der Waals surface area contributed by atoms with Gasteiger partial charge in [-0.05, 0) is 24.5 Å². The summed E-state index contributed by atoms with van der Waals surface area (Å²) in [4.78, 5) is 13.7. The topological polar surface area (TPSA) is 40.5 Å². The zero-order valence-electron chi connectivity index (χ0n) is 9.22. The predicted molar refractivity (Wildman–Crippen MR) is 60.8 cm³/mol. The van der Waals surface area contributed by atoms with Crippen LogP contribution in [0.25, 0.3) is 0 Å². The maximum absolute atomic E-state index is 11.9. The van der Waals surface area contributed by atoms with Crippen LogP contribution in [0.3, 0.4) is 0 Å². The van der Waals surface area contributed by atoms with Crippen LogP contribution in [0.2, 0.25) is 0 Å². The Labute approximate surface area is 95.7 Å². The van der Waals surface area contributed by atoms with E-state index < -0.39 is 0 Å². The van der Waals surface area contributed by atoms with Crippen LogP contribution in [0.15, 0.2) is 24.3 Å². The second kappa shape index (κ2) is 5.12. The van der Waals surface area contributed by atoms with Crippen molar-refractivity contribution >= 4 is 5.91 Å². The van der Waals surface area contributed by atoms with Crippen LogP contribution in [0, 0.1) is 6.07 Å². The summed E-state index contributed by atoms with van der Waals surface area (Å²) in [5.74, 6) is 0.134. The molecule has 1 saturated heterocycles. The molecule has 3 heteroatoms. The average molecular weight is 218 g/mol. The number of carbonyl (C=O) groups excluding carboxylic acids is 1. The summed E-state index contributed by atoms with van der Waals surface area (Å²) in [5, 5.41) is 9.35. The van der Waals surface area contributed by atoms with E-state index in [1.165, 1.54) is 0 Å². The Morgan fingerprint density at radius 1 is 1.44 bits per heavy atom. The second-order valence-corrected chi connectivity index (χ2v) is 4.18. The van der Waals surface area contributed by atoms with E-state index in [9.17, 15) is 9.90 Å². The molecule has 1 fully saturated rings. The Kier molecular flexibility index (Phi) is 3.57. The van der Waals surface area contributed by atoms with Gasteiger partial charge in [0, 0.05) is 13.1 Å². The Hall–Kier alpha value is -1.35. The fourth-order valence-corrected chi connectivity index (χ4v) is 1.93.